The molecule has 0 saturated carbocycles. The summed E-state index contributed by atoms with van der Waals surface area (Å²) in [6.07, 6.45) is -2.52. The number of alkyl halides is 3. The molecule has 1 aliphatic heterocycles. The number of sulfonamides is 1. The highest BCUT2D eigenvalue weighted by atomic mass is 32.2. The van der Waals surface area contributed by atoms with Crippen molar-refractivity contribution in [2.45, 2.75) is 24.1 Å². The molecule has 1 aromatic heterocycles. The predicted octanol–water partition coefficient (Wildman–Crippen LogP) is 3.36. The fraction of sp³-hybridized carbons (Fsp3) is 0.333. The molecule has 1 aliphatic rings. The number of pyridine rings is 1. The molecule has 2 heterocycles. The maximum absolute atomic E-state index is 13.5. The summed E-state index contributed by atoms with van der Waals surface area (Å²) < 4.78 is 77.1. The number of carbonyl (C=O) groups is 1. The minimum atomic E-state index is -4.76. The van der Waals surface area contributed by atoms with Crippen LogP contribution in [-0.4, -0.2) is 56.6 Å². The van der Waals surface area contributed by atoms with Gasteiger partial charge in [-0.05, 0) is 43.3 Å². The lowest BCUT2D eigenvalue weighted by atomic mass is 10.1. The van der Waals surface area contributed by atoms with Crippen LogP contribution in [-0.2, 0) is 30.5 Å². The zero-order valence-electron chi connectivity index (χ0n) is 17.3. The van der Waals surface area contributed by atoms with Crippen molar-refractivity contribution < 1.29 is 35.9 Å². The van der Waals surface area contributed by atoms with E-state index >= 15 is 0 Å². The van der Waals surface area contributed by atoms with E-state index in [1.807, 2.05) is 0 Å². The molecular formula is C21H21F3N2O5S. The fourth-order valence-corrected chi connectivity index (χ4v) is 4.12. The van der Waals surface area contributed by atoms with Gasteiger partial charge in [0.15, 0.2) is 0 Å². The van der Waals surface area contributed by atoms with Gasteiger partial charge in [-0.3, -0.25) is 0 Å². The van der Waals surface area contributed by atoms with Gasteiger partial charge in [-0.15, -0.1) is 0 Å². The first-order chi connectivity index (χ1) is 15.0. The zero-order chi connectivity index (χ0) is 23.5. The van der Waals surface area contributed by atoms with E-state index in [9.17, 15) is 26.4 Å². The fourth-order valence-electron chi connectivity index (χ4n) is 2.85. The molecule has 0 N–H and O–H groups in total. The van der Waals surface area contributed by atoms with Crippen molar-refractivity contribution in [1.82, 2.24) is 9.29 Å². The van der Waals surface area contributed by atoms with Gasteiger partial charge in [-0.2, -0.15) is 17.5 Å². The van der Waals surface area contributed by atoms with Gasteiger partial charge in [-0.25, -0.2) is 18.2 Å². The number of hydrogen-bond donors (Lipinski definition) is 0. The van der Waals surface area contributed by atoms with Gasteiger partial charge in [-0.1, -0.05) is 6.07 Å². The number of hydrogen-bond acceptors (Lipinski definition) is 6. The van der Waals surface area contributed by atoms with Gasteiger partial charge in [0.2, 0.25) is 10.0 Å². The third-order valence-corrected chi connectivity index (χ3v) is 6.35. The minimum absolute atomic E-state index is 0.0270. The lowest BCUT2D eigenvalue weighted by Crippen LogP contribution is -2.30. The van der Waals surface area contributed by atoms with Crippen LogP contribution >= 0.6 is 0 Å². The average Bonchev–Trinajstić information content (AvgIpc) is 3.55. The van der Waals surface area contributed by atoms with E-state index in [2.05, 4.69) is 4.98 Å². The first kappa shape index (κ1) is 23.9. The van der Waals surface area contributed by atoms with Gasteiger partial charge >= 0.3 is 12.1 Å². The smallest absolute Gasteiger partial charge is 0.416 e. The number of halogens is 3. The summed E-state index contributed by atoms with van der Waals surface area (Å²) in [6, 6.07) is 7.13. The molecule has 2 aromatic rings. The monoisotopic (exact) mass is 470 g/mol. The second-order valence-corrected chi connectivity index (χ2v) is 9.06. The molecular weight excluding hydrogens is 449 g/mol. The summed E-state index contributed by atoms with van der Waals surface area (Å²) in [5, 5.41) is 0. The van der Waals surface area contributed by atoms with Crippen LogP contribution in [0.15, 0.2) is 47.4 Å². The van der Waals surface area contributed by atoms with Crippen LogP contribution in [0.1, 0.15) is 18.2 Å². The van der Waals surface area contributed by atoms with Crippen molar-refractivity contribution in [3.8, 4) is 11.3 Å². The Morgan fingerprint density at radius 3 is 2.66 bits per heavy atom. The van der Waals surface area contributed by atoms with Gasteiger partial charge in [0, 0.05) is 25.2 Å². The molecule has 0 spiro atoms. The van der Waals surface area contributed by atoms with Gasteiger partial charge in [0.25, 0.3) is 0 Å². The SMILES string of the molecule is CCOC(=O)C=Cc1cccc(-c2cc(C(F)(F)F)cc(S(=O)(=O)N(C)CC3CO3)c2)n1. The second-order valence-electron chi connectivity index (χ2n) is 7.02. The molecule has 7 nitrogen and oxygen atoms in total. The van der Waals surface area contributed by atoms with Crippen LogP contribution in [0.25, 0.3) is 17.3 Å². The highest BCUT2D eigenvalue weighted by Crippen LogP contribution is 2.35. The molecule has 1 saturated heterocycles. The molecule has 0 aliphatic carbocycles. The molecule has 11 heteroatoms. The molecule has 1 unspecified atom stereocenters. The molecule has 0 bridgehead atoms. The molecule has 1 atom stereocenters. The maximum atomic E-state index is 13.5. The third-order valence-electron chi connectivity index (χ3n) is 4.55. The van der Waals surface area contributed by atoms with Crippen molar-refractivity contribution in [2.24, 2.45) is 0 Å². The number of epoxide rings is 1. The first-order valence-electron chi connectivity index (χ1n) is 9.63. The Hall–Kier alpha value is -2.76. The van der Waals surface area contributed by atoms with Gasteiger partial charge in [0.05, 0.1) is 41.2 Å². The van der Waals surface area contributed by atoms with Gasteiger partial charge in [0.1, 0.15) is 0 Å². The van der Waals surface area contributed by atoms with E-state index in [0.29, 0.717) is 18.4 Å². The summed E-state index contributed by atoms with van der Waals surface area (Å²) in [4.78, 5) is 15.2. The lowest BCUT2D eigenvalue weighted by molar-refractivity contribution is -0.138. The van der Waals surface area contributed by atoms with E-state index in [1.54, 1.807) is 13.0 Å². The summed E-state index contributed by atoms with van der Waals surface area (Å²) in [5.74, 6) is -0.588. The first-order valence-corrected chi connectivity index (χ1v) is 11.1. The molecule has 1 aromatic carbocycles. The largest absolute Gasteiger partial charge is 0.463 e. The molecule has 1 fully saturated rings. The summed E-state index contributed by atoms with van der Waals surface area (Å²) in [6.45, 7) is 2.29. The van der Waals surface area contributed by atoms with Crippen LogP contribution in [0.3, 0.4) is 0 Å². The van der Waals surface area contributed by atoms with Crippen molar-refractivity contribution in [3.63, 3.8) is 0 Å². The molecule has 3 rings (SSSR count). The summed E-state index contributed by atoms with van der Waals surface area (Å²) in [7, 11) is -2.91. The zero-order valence-corrected chi connectivity index (χ0v) is 18.1. The Bertz CT molecular complexity index is 1130. The Morgan fingerprint density at radius 1 is 1.31 bits per heavy atom. The number of nitrogens with zero attached hydrogens (tertiary/aromatic N) is 2. The Labute approximate surface area is 183 Å². The average molecular weight is 470 g/mol. The van der Waals surface area contributed by atoms with E-state index in [0.717, 1.165) is 22.5 Å². The molecule has 172 valence electrons. The number of benzene rings is 1. The number of ether oxygens (including phenoxy) is 2. The van der Waals surface area contributed by atoms with E-state index in [4.69, 9.17) is 9.47 Å². The quantitative estimate of drug-likeness (QED) is 0.334. The second kappa shape index (κ2) is 9.39. The van der Waals surface area contributed by atoms with Crippen LogP contribution in [0, 0.1) is 0 Å². The number of rotatable bonds is 8. The Kier molecular flexibility index (Phi) is 7.01. The molecule has 32 heavy (non-hydrogen) atoms. The highest BCUT2D eigenvalue weighted by molar-refractivity contribution is 7.89. The standard InChI is InChI=1S/C21H21F3N2O5S/c1-3-30-20(27)8-7-16-5-4-6-19(25-16)14-9-15(21(22,23)24)11-18(10-14)32(28,29)26(2)12-17-13-31-17/h4-11,17H,3,12-13H2,1-2H3. The van der Waals surface area contributed by atoms with Crippen molar-refractivity contribution in [1.29, 1.82) is 0 Å². The third kappa shape index (κ3) is 5.93. The minimum Gasteiger partial charge on any atom is -0.463 e. The van der Waals surface area contributed by atoms with Crippen LogP contribution in [0.5, 0.6) is 0 Å². The van der Waals surface area contributed by atoms with E-state index < -0.39 is 32.6 Å². The van der Waals surface area contributed by atoms with Gasteiger partial charge < -0.3 is 9.47 Å². The Morgan fingerprint density at radius 2 is 2.03 bits per heavy atom. The predicted molar refractivity (Wildman–Crippen MR) is 110 cm³/mol. The number of likely N-dealkylation sites (N-methyl/N-ethyl adjacent to an activating group) is 1. The van der Waals surface area contributed by atoms with E-state index in [-0.39, 0.29) is 30.5 Å². The Balaban J connectivity index is 2.02. The summed E-state index contributed by atoms with van der Waals surface area (Å²) >= 11 is 0. The number of esters is 1. The van der Waals surface area contributed by atoms with Crippen molar-refractivity contribution >= 4 is 22.1 Å². The van der Waals surface area contributed by atoms with Crippen LogP contribution in [0.2, 0.25) is 0 Å². The normalized spacial score (nSPS) is 16.5. The maximum Gasteiger partial charge on any atom is 0.416 e. The van der Waals surface area contributed by atoms with Crippen molar-refractivity contribution in [3.05, 3.63) is 53.7 Å². The topological polar surface area (TPSA) is 89.1 Å². The molecule has 0 amide bonds. The van der Waals surface area contributed by atoms with E-state index in [1.165, 1.54) is 25.3 Å². The lowest BCUT2D eigenvalue weighted by Gasteiger charge is -2.18. The summed E-state index contributed by atoms with van der Waals surface area (Å²) in [5.41, 5.74) is -0.730. The highest BCUT2D eigenvalue weighted by Gasteiger charge is 2.35. The number of carbonyl (C=O) groups excluding carboxylic acids is 1. The van der Waals surface area contributed by atoms with Crippen LogP contribution < -0.4 is 0 Å². The van der Waals surface area contributed by atoms with Crippen molar-refractivity contribution in [2.75, 3.05) is 26.8 Å². The van der Waals surface area contributed by atoms with Crippen LogP contribution in [0.4, 0.5) is 13.2 Å². The molecule has 0 radical (unpaired) electrons. The number of aromatic nitrogens is 1.